The summed E-state index contributed by atoms with van der Waals surface area (Å²) >= 11 is 3.54. The van der Waals surface area contributed by atoms with E-state index >= 15 is 0 Å². The number of allylic oxidation sites excluding steroid dienone is 6. The maximum Gasteiger partial charge on any atom is 0.214 e. The second-order valence-electron chi connectivity index (χ2n) is 7.90. The van der Waals surface area contributed by atoms with E-state index in [-0.39, 0.29) is 11.3 Å². The fourth-order valence-electron chi connectivity index (χ4n) is 2.41. The summed E-state index contributed by atoms with van der Waals surface area (Å²) in [6, 6.07) is 0. The van der Waals surface area contributed by atoms with Gasteiger partial charge in [-0.2, -0.15) is 0 Å². The number of alkyl halides is 1. The number of rotatable bonds is 11. The molecule has 1 amide bonds. The van der Waals surface area contributed by atoms with Gasteiger partial charge >= 0.3 is 0 Å². The van der Waals surface area contributed by atoms with Gasteiger partial charge in [0.15, 0.2) is 0 Å². The summed E-state index contributed by atoms with van der Waals surface area (Å²) in [7, 11) is 3.75. The van der Waals surface area contributed by atoms with Gasteiger partial charge in [0.05, 0.1) is 6.34 Å². The van der Waals surface area contributed by atoms with E-state index in [9.17, 15) is 4.79 Å². The number of nitrogens with zero attached hydrogens (tertiary/aromatic N) is 3. The predicted molar refractivity (Wildman–Crippen MR) is 133 cm³/mol. The largest absolute Gasteiger partial charge is 0.380 e. The number of hydrogen-bond donors (Lipinski definition) is 0. The van der Waals surface area contributed by atoms with Crippen molar-refractivity contribution in [2.24, 2.45) is 16.3 Å². The van der Waals surface area contributed by atoms with Crippen molar-refractivity contribution >= 4 is 28.7 Å². The molecule has 0 rings (SSSR count). The molecule has 0 aliphatic rings. The van der Waals surface area contributed by atoms with Gasteiger partial charge in [-0.3, -0.25) is 4.79 Å². The van der Waals surface area contributed by atoms with Crippen LogP contribution in [0, 0.1) is 11.3 Å². The number of halogens is 1. The van der Waals surface area contributed by atoms with Gasteiger partial charge in [-0.25, -0.2) is 4.99 Å². The second kappa shape index (κ2) is 17.3. The van der Waals surface area contributed by atoms with Gasteiger partial charge in [0, 0.05) is 37.6 Å². The fourth-order valence-corrected chi connectivity index (χ4v) is 2.78. The molecule has 0 heterocycles. The molecule has 0 aromatic carbocycles. The van der Waals surface area contributed by atoms with Crippen molar-refractivity contribution < 1.29 is 4.79 Å². The number of aliphatic imine (C=N–C) groups is 1. The molecule has 166 valence electrons. The van der Waals surface area contributed by atoms with Crippen molar-refractivity contribution in [2.75, 3.05) is 26.0 Å². The maximum atomic E-state index is 10.8. The molecule has 5 heteroatoms. The first-order valence-corrected chi connectivity index (χ1v) is 11.5. The highest BCUT2D eigenvalue weighted by Gasteiger charge is 2.11. The van der Waals surface area contributed by atoms with Crippen molar-refractivity contribution in [3.05, 3.63) is 47.9 Å². The summed E-state index contributed by atoms with van der Waals surface area (Å²) in [5, 5.41) is 0.795. The lowest BCUT2D eigenvalue weighted by Gasteiger charge is -2.25. The highest BCUT2D eigenvalue weighted by molar-refractivity contribution is 9.09. The van der Waals surface area contributed by atoms with Crippen molar-refractivity contribution in [1.82, 2.24) is 9.80 Å². The topological polar surface area (TPSA) is 35.9 Å². The van der Waals surface area contributed by atoms with E-state index in [2.05, 4.69) is 91.9 Å². The van der Waals surface area contributed by atoms with Gasteiger partial charge < -0.3 is 9.80 Å². The molecule has 0 aliphatic heterocycles. The Hall–Kier alpha value is -1.62. The minimum atomic E-state index is 0.118. The van der Waals surface area contributed by atoms with Crippen LogP contribution in [0.4, 0.5) is 0 Å². The summed E-state index contributed by atoms with van der Waals surface area (Å²) < 4.78 is 0. The Kier molecular flexibility index (Phi) is 17.6. The van der Waals surface area contributed by atoms with Crippen molar-refractivity contribution in [2.45, 2.75) is 54.9 Å². The Labute approximate surface area is 188 Å². The van der Waals surface area contributed by atoms with E-state index in [1.807, 2.05) is 26.0 Å². The van der Waals surface area contributed by atoms with Crippen LogP contribution in [-0.2, 0) is 4.79 Å². The normalized spacial score (nSPS) is 14.3. The number of amides is 1. The lowest BCUT2D eigenvalue weighted by molar-refractivity contribution is -0.113. The van der Waals surface area contributed by atoms with Gasteiger partial charge in [0.25, 0.3) is 0 Å². The van der Waals surface area contributed by atoms with Gasteiger partial charge in [-0.05, 0) is 35.8 Å². The van der Waals surface area contributed by atoms with Crippen LogP contribution in [0.25, 0.3) is 0 Å². The number of carbonyl (C=O) groups excluding carboxylic acids is 1. The molecule has 0 aromatic rings. The van der Waals surface area contributed by atoms with Gasteiger partial charge in [-0.15, -0.1) is 0 Å². The average molecular weight is 469 g/mol. The molecule has 0 radical (unpaired) electrons. The third-order valence-corrected chi connectivity index (χ3v) is 4.19. The molecule has 4 nitrogen and oxygen atoms in total. The Morgan fingerprint density at radius 2 is 1.83 bits per heavy atom. The zero-order valence-electron chi connectivity index (χ0n) is 19.9. The summed E-state index contributed by atoms with van der Waals surface area (Å²) in [5.41, 5.74) is 2.35. The molecule has 1 unspecified atom stereocenters. The van der Waals surface area contributed by atoms with Crippen LogP contribution in [0.2, 0.25) is 0 Å². The molecule has 0 N–H and O–H groups in total. The second-order valence-corrected chi connectivity index (χ2v) is 8.46. The molecule has 0 bridgehead atoms. The molecule has 0 aromatic heterocycles. The number of carbonyl (C=O) groups is 1. The first-order chi connectivity index (χ1) is 13.6. The number of hydrogen-bond acceptors (Lipinski definition) is 3. The Balaban J connectivity index is 0. The van der Waals surface area contributed by atoms with Crippen molar-refractivity contribution in [1.29, 1.82) is 0 Å². The first-order valence-electron chi connectivity index (χ1n) is 10.4. The molecule has 0 fully saturated rings. The van der Waals surface area contributed by atoms with Crippen LogP contribution in [-0.4, -0.2) is 48.5 Å². The van der Waals surface area contributed by atoms with Crippen LogP contribution >= 0.6 is 15.9 Å². The molecular formula is C24H42BrN3O. The molecule has 0 spiro atoms. The Bertz CT molecular complexity index is 583. The molecular weight excluding hydrogens is 426 g/mol. The summed E-state index contributed by atoms with van der Waals surface area (Å²) in [6.07, 6.45) is 15.8. The van der Waals surface area contributed by atoms with Gasteiger partial charge in [0.2, 0.25) is 6.41 Å². The lowest BCUT2D eigenvalue weighted by atomic mass is 9.96. The first kappa shape index (κ1) is 29.6. The quantitative estimate of drug-likeness (QED) is 0.115. The molecule has 29 heavy (non-hydrogen) atoms. The van der Waals surface area contributed by atoms with E-state index in [1.165, 1.54) is 10.5 Å². The van der Waals surface area contributed by atoms with E-state index in [4.69, 9.17) is 0 Å². The molecule has 1 atom stereocenters. The van der Waals surface area contributed by atoms with Gasteiger partial charge in [0.1, 0.15) is 0 Å². The minimum absolute atomic E-state index is 0.118. The summed E-state index contributed by atoms with van der Waals surface area (Å²) in [4.78, 5) is 18.9. The zero-order chi connectivity index (χ0) is 22.9. The Morgan fingerprint density at radius 1 is 1.21 bits per heavy atom. The molecule has 0 saturated carbocycles. The van der Waals surface area contributed by atoms with E-state index in [0.29, 0.717) is 0 Å². The van der Waals surface area contributed by atoms with Crippen LogP contribution in [0.5, 0.6) is 0 Å². The van der Waals surface area contributed by atoms with E-state index < -0.39 is 0 Å². The lowest BCUT2D eigenvalue weighted by Crippen LogP contribution is -2.24. The summed E-state index contributed by atoms with van der Waals surface area (Å²) in [6.45, 7) is 15.9. The third kappa shape index (κ3) is 17.0. The SMILES string of the molecule is CC.CC/C=C\C(=C/C(C)/C(=C/C=C/N(C)CC(C)(C)C)N=CN(C)C=O)CBr. The standard InChI is InChI=1S/C22H36BrN3O.C2H6/c1-8-9-11-20(15-23)14-19(2)21(24-17-26(7)18-27)12-10-13-25(6)16-22(3,4)5;1-2/h9-14,17-19H,8,15-16H2,1-7H3;1-2H3/b11-9-,13-10+,20-14+,21-12-,24-17?;. The Morgan fingerprint density at radius 3 is 2.31 bits per heavy atom. The summed E-state index contributed by atoms with van der Waals surface area (Å²) in [5.74, 6) is 0.118. The highest BCUT2D eigenvalue weighted by atomic mass is 79.9. The van der Waals surface area contributed by atoms with E-state index in [0.717, 1.165) is 30.4 Å². The molecule has 0 saturated heterocycles. The molecule has 0 aliphatic carbocycles. The fraction of sp³-hybridized carbons (Fsp3) is 0.583. The minimum Gasteiger partial charge on any atom is -0.380 e. The third-order valence-electron chi connectivity index (χ3n) is 3.54. The predicted octanol–water partition coefficient (Wildman–Crippen LogP) is 6.43. The van der Waals surface area contributed by atoms with Crippen LogP contribution in [0.3, 0.4) is 0 Å². The zero-order valence-corrected chi connectivity index (χ0v) is 21.5. The highest BCUT2D eigenvalue weighted by Crippen LogP contribution is 2.18. The smallest absolute Gasteiger partial charge is 0.214 e. The van der Waals surface area contributed by atoms with Crippen molar-refractivity contribution in [3.63, 3.8) is 0 Å². The monoisotopic (exact) mass is 467 g/mol. The van der Waals surface area contributed by atoms with Crippen LogP contribution in [0.1, 0.15) is 54.9 Å². The average Bonchev–Trinajstić information content (AvgIpc) is 2.67. The van der Waals surface area contributed by atoms with Crippen molar-refractivity contribution in [3.8, 4) is 0 Å². The van der Waals surface area contributed by atoms with E-state index in [1.54, 1.807) is 13.4 Å². The van der Waals surface area contributed by atoms with Crippen LogP contribution in [0.15, 0.2) is 52.8 Å². The maximum absolute atomic E-state index is 10.8. The van der Waals surface area contributed by atoms with Gasteiger partial charge in [-0.1, -0.05) is 82.6 Å². The van der Waals surface area contributed by atoms with Crippen LogP contribution < -0.4 is 0 Å².